The van der Waals surface area contributed by atoms with E-state index in [2.05, 4.69) is 5.10 Å². The van der Waals surface area contributed by atoms with Crippen LogP contribution in [-0.2, 0) is 28.4 Å². The van der Waals surface area contributed by atoms with Gasteiger partial charge >= 0.3 is 0 Å². The highest BCUT2D eigenvalue weighted by atomic mass is 32.2. The van der Waals surface area contributed by atoms with Crippen LogP contribution in [0.1, 0.15) is 17.0 Å². The highest BCUT2D eigenvalue weighted by molar-refractivity contribution is 7.89. The van der Waals surface area contributed by atoms with E-state index >= 15 is 0 Å². The minimum absolute atomic E-state index is 0.232. The minimum atomic E-state index is -3.66. The van der Waals surface area contributed by atoms with Crippen molar-refractivity contribution in [1.82, 2.24) is 14.1 Å². The van der Waals surface area contributed by atoms with Gasteiger partial charge in [-0.1, -0.05) is 0 Å². The van der Waals surface area contributed by atoms with Crippen molar-refractivity contribution >= 4 is 10.0 Å². The molecule has 2 heterocycles. The lowest BCUT2D eigenvalue weighted by Gasteiger charge is -2.21. The molecule has 7 nitrogen and oxygen atoms in total. The normalized spacial score (nSPS) is 12.2. The van der Waals surface area contributed by atoms with Crippen LogP contribution in [0.5, 0.6) is 0 Å². The number of rotatable bonds is 7. The van der Waals surface area contributed by atoms with Crippen molar-refractivity contribution in [2.24, 2.45) is 7.05 Å². The molecule has 0 spiro atoms. The van der Waals surface area contributed by atoms with E-state index in [9.17, 15) is 8.42 Å². The van der Waals surface area contributed by atoms with Crippen molar-refractivity contribution in [3.63, 3.8) is 0 Å². The first-order valence-corrected chi connectivity index (χ1v) is 8.32. The summed E-state index contributed by atoms with van der Waals surface area (Å²) in [7, 11) is -0.384. The molecule has 0 aliphatic heterocycles. The molecule has 0 aromatic carbocycles. The average Bonchev–Trinajstić information content (AvgIpc) is 3.03. The van der Waals surface area contributed by atoms with Crippen molar-refractivity contribution in [2.45, 2.75) is 25.3 Å². The van der Waals surface area contributed by atoms with E-state index in [0.29, 0.717) is 18.0 Å². The van der Waals surface area contributed by atoms with Crippen LogP contribution in [0.25, 0.3) is 0 Å². The lowest BCUT2D eigenvalue weighted by atomic mass is 10.3. The number of sulfonamides is 1. The number of aryl methyl sites for hydroxylation is 2. The van der Waals surface area contributed by atoms with Gasteiger partial charge in [-0.2, -0.15) is 9.40 Å². The summed E-state index contributed by atoms with van der Waals surface area (Å²) in [4.78, 5) is 0.259. The maximum atomic E-state index is 13.0. The van der Waals surface area contributed by atoms with Gasteiger partial charge in [-0.25, -0.2) is 8.42 Å². The maximum absolute atomic E-state index is 13.0. The number of hydrogen-bond donors (Lipinski definition) is 0. The molecular weight excluding hydrogens is 306 g/mol. The Balaban J connectivity index is 2.39. The molecule has 8 heteroatoms. The molecule has 0 bridgehead atoms. The van der Waals surface area contributed by atoms with Gasteiger partial charge in [-0.3, -0.25) is 4.68 Å². The first-order valence-electron chi connectivity index (χ1n) is 6.88. The van der Waals surface area contributed by atoms with Crippen LogP contribution in [0, 0.1) is 13.8 Å². The predicted molar refractivity (Wildman–Crippen MR) is 80.9 cm³/mol. The zero-order chi connectivity index (χ0) is 16.3. The smallest absolute Gasteiger partial charge is 0.247 e. The van der Waals surface area contributed by atoms with E-state index in [4.69, 9.17) is 9.15 Å². The molecule has 2 rings (SSSR count). The molecule has 22 heavy (non-hydrogen) atoms. The third kappa shape index (κ3) is 3.23. The molecule has 2 aromatic rings. The summed E-state index contributed by atoms with van der Waals surface area (Å²) in [6.07, 6.45) is 3.06. The largest absolute Gasteiger partial charge is 0.472 e. The predicted octanol–water partition coefficient (Wildman–Crippen LogP) is 1.47. The van der Waals surface area contributed by atoms with E-state index in [-0.39, 0.29) is 18.0 Å². The summed E-state index contributed by atoms with van der Waals surface area (Å²) >= 11 is 0. The van der Waals surface area contributed by atoms with Gasteiger partial charge in [0.15, 0.2) is 0 Å². The third-order valence-electron chi connectivity index (χ3n) is 3.52. The van der Waals surface area contributed by atoms with Crippen molar-refractivity contribution in [3.8, 4) is 0 Å². The first-order chi connectivity index (χ1) is 10.4. The number of hydrogen-bond acceptors (Lipinski definition) is 5. The van der Waals surface area contributed by atoms with E-state index in [1.807, 2.05) is 0 Å². The summed E-state index contributed by atoms with van der Waals surface area (Å²) in [6, 6.07) is 1.75. The van der Waals surface area contributed by atoms with Crippen molar-refractivity contribution in [2.75, 3.05) is 20.3 Å². The molecule has 122 valence electrons. The quantitative estimate of drug-likeness (QED) is 0.769. The lowest BCUT2D eigenvalue weighted by Crippen LogP contribution is -2.34. The van der Waals surface area contributed by atoms with Crippen LogP contribution in [-0.4, -0.2) is 42.8 Å². The van der Waals surface area contributed by atoms with Gasteiger partial charge in [0, 0.05) is 32.8 Å². The number of ether oxygens (including phenoxy) is 1. The topological polar surface area (TPSA) is 77.6 Å². The first kappa shape index (κ1) is 16.7. The standard InChI is InChI=1S/C14H21N3O4S/c1-11-14(12(2)16(3)15-11)22(18,19)17(6-8-20-4)9-13-5-7-21-10-13/h5,7,10H,6,8-9H2,1-4H3. The Hall–Kier alpha value is -1.64. The molecule has 0 saturated heterocycles. The van der Waals surface area contributed by atoms with Crippen LogP contribution in [0.2, 0.25) is 0 Å². The summed E-state index contributed by atoms with van der Waals surface area (Å²) in [5.41, 5.74) is 1.90. The summed E-state index contributed by atoms with van der Waals surface area (Å²) in [5, 5.41) is 4.20. The summed E-state index contributed by atoms with van der Waals surface area (Å²) in [5.74, 6) is 0. The van der Waals surface area contributed by atoms with Gasteiger partial charge in [0.1, 0.15) is 4.90 Å². The Morgan fingerprint density at radius 2 is 2.14 bits per heavy atom. The molecule has 0 aliphatic rings. The molecule has 0 aliphatic carbocycles. The third-order valence-corrected chi connectivity index (χ3v) is 5.62. The molecule has 0 atom stereocenters. The average molecular weight is 327 g/mol. The Kier molecular flexibility index (Phi) is 5.05. The Labute approximate surface area is 130 Å². The molecule has 0 radical (unpaired) electrons. The molecule has 2 aromatic heterocycles. The minimum Gasteiger partial charge on any atom is -0.472 e. The van der Waals surface area contributed by atoms with Crippen LogP contribution >= 0.6 is 0 Å². The van der Waals surface area contributed by atoms with E-state index < -0.39 is 10.0 Å². The molecule has 0 N–H and O–H groups in total. The fraction of sp³-hybridized carbons (Fsp3) is 0.500. The zero-order valence-corrected chi connectivity index (χ0v) is 14.1. The van der Waals surface area contributed by atoms with Gasteiger partial charge in [-0.15, -0.1) is 0 Å². The summed E-state index contributed by atoms with van der Waals surface area (Å²) in [6.45, 7) is 4.26. The fourth-order valence-corrected chi connectivity index (χ4v) is 4.13. The molecule has 0 saturated carbocycles. The maximum Gasteiger partial charge on any atom is 0.247 e. The van der Waals surface area contributed by atoms with Gasteiger partial charge < -0.3 is 9.15 Å². The van der Waals surface area contributed by atoms with Crippen molar-refractivity contribution < 1.29 is 17.6 Å². The van der Waals surface area contributed by atoms with E-state index in [1.165, 1.54) is 16.8 Å². The second-order valence-electron chi connectivity index (χ2n) is 5.09. The zero-order valence-electron chi connectivity index (χ0n) is 13.2. The van der Waals surface area contributed by atoms with Crippen molar-refractivity contribution in [3.05, 3.63) is 35.5 Å². The Morgan fingerprint density at radius 1 is 1.41 bits per heavy atom. The molecule has 0 fully saturated rings. The SMILES string of the molecule is COCCN(Cc1ccoc1)S(=O)(=O)c1c(C)nn(C)c1C. The van der Waals surface area contributed by atoms with Crippen LogP contribution in [0.3, 0.4) is 0 Å². The van der Waals surface area contributed by atoms with Crippen LogP contribution < -0.4 is 0 Å². The molecule has 0 unspecified atom stereocenters. The van der Waals surface area contributed by atoms with Gasteiger partial charge in [-0.05, 0) is 19.9 Å². The highest BCUT2D eigenvalue weighted by Gasteiger charge is 2.30. The number of methoxy groups -OCH3 is 1. The second kappa shape index (κ2) is 6.64. The number of aromatic nitrogens is 2. The van der Waals surface area contributed by atoms with Gasteiger partial charge in [0.05, 0.1) is 30.5 Å². The van der Waals surface area contributed by atoms with Crippen molar-refractivity contribution in [1.29, 1.82) is 0 Å². The van der Waals surface area contributed by atoms with E-state index in [1.54, 1.807) is 38.8 Å². The Morgan fingerprint density at radius 3 is 2.64 bits per heavy atom. The lowest BCUT2D eigenvalue weighted by molar-refractivity contribution is 0.177. The molecular formula is C14H21N3O4S. The van der Waals surface area contributed by atoms with Gasteiger partial charge in [0.2, 0.25) is 10.0 Å². The molecule has 0 amide bonds. The number of furan rings is 1. The highest BCUT2D eigenvalue weighted by Crippen LogP contribution is 2.24. The second-order valence-corrected chi connectivity index (χ2v) is 6.96. The van der Waals surface area contributed by atoms with Crippen LogP contribution in [0.4, 0.5) is 0 Å². The summed E-state index contributed by atoms with van der Waals surface area (Å²) < 4.78 is 39.0. The van der Waals surface area contributed by atoms with Gasteiger partial charge in [0.25, 0.3) is 0 Å². The Bertz CT molecular complexity index is 720. The van der Waals surface area contributed by atoms with Crippen LogP contribution in [0.15, 0.2) is 27.9 Å². The fourth-order valence-electron chi connectivity index (χ4n) is 2.32. The van der Waals surface area contributed by atoms with E-state index in [0.717, 1.165) is 5.56 Å². The number of nitrogens with zero attached hydrogens (tertiary/aromatic N) is 3. The monoisotopic (exact) mass is 327 g/mol.